The normalized spacial score (nSPS) is 21.5. The van der Waals surface area contributed by atoms with Crippen LogP contribution in [0.25, 0.3) is 6.08 Å². The van der Waals surface area contributed by atoms with E-state index >= 15 is 0 Å². The van der Waals surface area contributed by atoms with Gasteiger partial charge in [0.15, 0.2) is 0 Å². The topological polar surface area (TPSA) is 120 Å². The first-order valence-corrected chi connectivity index (χ1v) is 9.63. The summed E-state index contributed by atoms with van der Waals surface area (Å²) in [6, 6.07) is 3.32. The van der Waals surface area contributed by atoms with Gasteiger partial charge in [0, 0.05) is 11.9 Å². The number of H-pyrrole nitrogens is 1. The van der Waals surface area contributed by atoms with E-state index in [-0.39, 0.29) is 12.3 Å². The van der Waals surface area contributed by atoms with Gasteiger partial charge < -0.3 is 19.9 Å². The number of rotatable bonds is 7. The van der Waals surface area contributed by atoms with Crippen molar-refractivity contribution < 1.29 is 19.7 Å². The number of aliphatic imine (C=N–C) groups is 3. The van der Waals surface area contributed by atoms with Crippen LogP contribution in [0.5, 0.6) is 0 Å². The number of aliphatic hydroxyl groups excluding tert-OH is 2. The molecule has 0 saturated carbocycles. The Morgan fingerprint density at radius 2 is 1.71 bits per heavy atom. The third kappa shape index (κ3) is 5.39. The third-order valence-corrected chi connectivity index (χ3v) is 4.38. The molecule has 1 unspecified atom stereocenters. The quantitative estimate of drug-likeness (QED) is 0.591. The molecular weight excluding hydrogens is 396 g/mol. The molecule has 1 aromatic rings. The molecule has 3 aliphatic rings. The van der Waals surface area contributed by atoms with Gasteiger partial charge in [-0.2, -0.15) is 0 Å². The molecule has 4 heterocycles. The van der Waals surface area contributed by atoms with Crippen molar-refractivity contribution in [3.63, 3.8) is 0 Å². The summed E-state index contributed by atoms with van der Waals surface area (Å²) in [5, 5.41) is 18.0. The molecule has 0 spiro atoms. The minimum Gasteiger partial charge on any atom is -0.458 e. The highest BCUT2D eigenvalue weighted by Gasteiger charge is 2.13. The summed E-state index contributed by atoms with van der Waals surface area (Å²) in [6.45, 7) is -0.736. The minimum absolute atomic E-state index is 0.249. The van der Waals surface area contributed by atoms with Crippen molar-refractivity contribution in [2.24, 2.45) is 15.0 Å². The highest BCUT2D eigenvalue weighted by atomic mass is 16.5. The van der Waals surface area contributed by atoms with Gasteiger partial charge in [-0.1, -0.05) is 0 Å². The van der Waals surface area contributed by atoms with E-state index in [1.807, 2.05) is 48.6 Å². The molecule has 3 N–H and O–H groups in total. The lowest BCUT2D eigenvalue weighted by molar-refractivity contribution is 0.00893. The molecule has 1 atom stereocenters. The number of nitrogens with one attached hydrogen (secondary N) is 1. The van der Waals surface area contributed by atoms with E-state index in [0.717, 1.165) is 28.5 Å². The zero-order chi connectivity index (χ0) is 21.6. The van der Waals surface area contributed by atoms with E-state index in [1.165, 1.54) is 0 Å². The van der Waals surface area contributed by atoms with Gasteiger partial charge in [0.2, 0.25) is 0 Å². The number of ether oxygens (including phenoxy) is 1. The summed E-state index contributed by atoms with van der Waals surface area (Å²) in [7, 11) is 0. The second-order valence-electron chi connectivity index (χ2n) is 6.85. The third-order valence-electron chi connectivity index (χ3n) is 4.38. The first-order valence-electron chi connectivity index (χ1n) is 9.63. The smallest absolute Gasteiger partial charge is 0.354 e. The minimum atomic E-state index is -1.09. The largest absolute Gasteiger partial charge is 0.458 e. The van der Waals surface area contributed by atoms with Gasteiger partial charge in [0.05, 0.1) is 35.1 Å². The maximum atomic E-state index is 11.9. The highest BCUT2D eigenvalue weighted by Crippen LogP contribution is 2.18. The van der Waals surface area contributed by atoms with Crippen LogP contribution in [0.2, 0.25) is 0 Å². The van der Waals surface area contributed by atoms with E-state index < -0.39 is 18.7 Å². The number of aromatic amines is 1. The molecule has 0 fully saturated rings. The van der Waals surface area contributed by atoms with Crippen LogP contribution in [0.3, 0.4) is 0 Å². The van der Waals surface area contributed by atoms with Crippen molar-refractivity contribution in [3.8, 4) is 0 Å². The fraction of sp³-hybridized carbons (Fsp3) is 0.130. The molecule has 0 aromatic carbocycles. The summed E-state index contributed by atoms with van der Waals surface area (Å²) in [5.41, 5.74) is 4.93. The molecule has 8 nitrogen and oxygen atoms in total. The van der Waals surface area contributed by atoms with Crippen molar-refractivity contribution >= 4 is 29.7 Å². The van der Waals surface area contributed by atoms with E-state index in [1.54, 1.807) is 24.4 Å². The predicted molar refractivity (Wildman–Crippen MR) is 119 cm³/mol. The molecule has 4 rings (SSSR count). The zero-order valence-electron chi connectivity index (χ0n) is 16.5. The maximum Gasteiger partial charge on any atom is 0.354 e. The summed E-state index contributed by atoms with van der Waals surface area (Å²) in [5.74, 6) is -0.608. The lowest BCUT2D eigenvalue weighted by Gasteiger charge is -2.07. The Kier molecular flexibility index (Phi) is 6.11. The lowest BCUT2D eigenvalue weighted by atomic mass is 10.2. The van der Waals surface area contributed by atoms with Crippen LogP contribution in [-0.4, -0.2) is 58.1 Å². The highest BCUT2D eigenvalue weighted by molar-refractivity contribution is 6.11. The molecule has 156 valence electrons. The Morgan fingerprint density at radius 3 is 2.39 bits per heavy atom. The SMILES string of the molecule is O=C(OCC(O)CO)c1ccc(C=C2C=CC(C=C3C=CC(C=C4C=CC=N4)=N3)=N2)[nH]1. The number of aliphatic hydroxyl groups is 2. The number of allylic oxidation sites excluding steroid dienone is 8. The zero-order valence-corrected chi connectivity index (χ0v) is 16.5. The fourth-order valence-corrected chi connectivity index (χ4v) is 2.89. The fourth-order valence-electron chi connectivity index (χ4n) is 2.89. The number of hydrogen-bond acceptors (Lipinski definition) is 7. The molecule has 0 radical (unpaired) electrons. The first kappa shape index (κ1) is 20.4. The summed E-state index contributed by atoms with van der Waals surface area (Å²) in [4.78, 5) is 28.2. The van der Waals surface area contributed by atoms with E-state index in [2.05, 4.69) is 20.0 Å². The van der Waals surface area contributed by atoms with Crippen molar-refractivity contribution in [1.29, 1.82) is 0 Å². The average Bonchev–Trinajstić information content (AvgIpc) is 3.56. The van der Waals surface area contributed by atoms with E-state index in [9.17, 15) is 9.90 Å². The number of hydrogen-bond donors (Lipinski definition) is 3. The number of esters is 1. The van der Waals surface area contributed by atoms with Crippen LogP contribution in [0.4, 0.5) is 0 Å². The molecule has 0 amide bonds. The van der Waals surface area contributed by atoms with Gasteiger partial charge in [0.1, 0.15) is 18.4 Å². The second-order valence-corrected chi connectivity index (χ2v) is 6.85. The molecule has 3 aliphatic heterocycles. The number of nitrogens with zero attached hydrogens (tertiary/aromatic N) is 3. The van der Waals surface area contributed by atoms with Gasteiger partial charge >= 0.3 is 5.97 Å². The molecule has 0 saturated heterocycles. The van der Waals surface area contributed by atoms with Gasteiger partial charge in [-0.15, -0.1) is 0 Å². The summed E-state index contributed by atoms with van der Waals surface area (Å²) >= 11 is 0. The number of carbonyl (C=O) groups excluding carboxylic acids is 1. The monoisotopic (exact) mass is 416 g/mol. The van der Waals surface area contributed by atoms with Crippen molar-refractivity contribution in [1.82, 2.24) is 4.98 Å². The van der Waals surface area contributed by atoms with Crippen LogP contribution in [0.15, 0.2) is 92.8 Å². The Balaban J connectivity index is 1.39. The van der Waals surface area contributed by atoms with Crippen LogP contribution in [0, 0.1) is 0 Å². The standard InChI is InChI=1S/C23H20N4O4/c28-13-21(29)14-31-23(30)22-8-7-20(27-22)12-19-6-5-18(26-19)11-17-4-3-16(25-17)10-15-2-1-9-24-15/h1-12,21,27-29H,13-14H2. The van der Waals surface area contributed by atoms with Crippen LogP contribution in [-0.2, 0) is 4.74 Å². The number of aromatic nitrogens is 1. The molecule has 1 aromatic heterocycles. The van der Waals surface area contributed by atoms with Gasteiger partial charge in [-0.3, -0.25) is 4.99 Å². The van der Waals surface area contributed by atoms with Crippen LogP contribution < -0.4 is 0 Å². The maximum absolute atomic E-state index is 11.9. The second kappa shape index (κ2) is 9.29. The molecule has 31 heavy (non-hydrogen) atoms. The summed E-state index contributed by atoms with van der Waals surface area (Å²) < 4.78 is 4.92. The Bertz CT molecular complexity index is 1140. The van der Waals surface area contributed by atoms with E-state index in [0.29, 0.717) is 5.69 Å². The lowest BCUT2D eigenvalue weighted by Crippen LogP contribution is -2.22. The molecule has 8 heteroatoms. The van der Waals surface area contributed by atoms with Crippen molar-refractivity contribution in [2.45, 2.75) is 6.10 Å². The molecule has 0 aliphatic carbocycles. The first-order chi connectivity index (χ1) is 15.1. The van der Waals surface area contributed by atoms with Crippen molar-refractivity contribution in [3.05, 3.63) is 89.2 Å². The van der Waals surface area contributed by atoms with Gasteiger partial charge in [0.25, 0.3) is 0 Å². The van der Waals surface area contributed by atoms with Crippen LogP contribution in [0.1, 0.15) is 16.2 Å². The Morgan fingerprint density at radius 1 is 1.00 bits per heavy atom. The predicted octanol–water partition coefficient (Wildman–Crippen LogP) is 2.30. The Hall–Kier alpha value is -3.88. The van der Waals surface area contributed by atoms with E-state index in [4.69, 9.17) is 9.84 Å². The average molecular weight is 416 g/mol. The Labute approximate surface area is 178 Å². The van der Waals surface area contributed by atoms with Crippen molar-refractivity contribution in [2.75, 3.05) is 13.2 Å². The van der Waals surface area contributed by atoms with Gasteiger partial charge in [-0.05, 0) is 66.8 Å². The molecular formula is C23H20N4O4. The summed E-state index contributed by atoms with van der Waals surface area (Å²) in [6.07, 6.45) is 17.6. The molecule has 0 bridgehead atoms. The van der Waals surface area contributed by atoms with Crippen LogP contribution >= 0.6 is 0 Å². The van der Waals surface area contributed by atoms with Gasteiger partial charge in [-0.25, -0.2) is 14.8 Å². The number of carbonyl (C=O) groups is 1.